The van der Waals surface area contributed by atoms with Gasteiger partial charge in [-0.15, -0.1) is 23.2 Å². The van der Waals surface area contributed by atoms with Crippen molar-refractivity contribution >= 4 is 35.0 Å². The predicted octanol–water partition coefficient (Wildman–Crippen LogP) is 6.09. The number of halogens is 2. The molecular weight excluding hydrogens is 409 g/mol. The summed E-state index contributed by atoms with van der Waals surface area (Å²) in [6.45, 7) is 2.88. The Morgan fingerprint density at radius 1 is 0.655 bits per heavy atom. The summed E-state index contributed by atoms with van der Waals surface area (Å²) in [7, 11) is 0. The Bertz CT molecular complexity index is 398. The highest BCUT2D eigenvalue weighted by atomic mass is 35.5. The van der Waals surface area contributed by atoms with Gasteiger partial charge in [0.25, 0.3) is 11.8 Å². The SMILES string of the molecule is CCCCCCCCCCCCCCCCCCNN(NC(=O)CCl)C(=O)CCl. The molecule has 0 aliphatic rings. The first kappa shape index (κ1) is 28.5. The Morgan fingerprint density at radius 3 is 1.45 bits per heavy atom. The lowest BCUT2D eigenvalue weighted by Gasteiger charge is -2.22. The van der Waals surface area contributed by atoms with Crippen LogP contribution in [0.5, 0.6) is 0 Å². The van der Waals surface area contributed by atoms with E-state index in [0.29, 0.717) is 6.54 Å². The van der Waals surface area contributed by atoms with E-state index in [9.17, 15) is 9.59 Å². The highest BCUT2D eigenvalue weighted by Crippen LogP contribution is 2.13. The van der Waals surface area contributed by atoms with Crippen LogP contribution in [-0.4, -0.2) is 35.2 Å². The van der Waals surface area contributed by atoms with E-state index >= 15 is 0 Å². The molecular formula is C22H43Cl2N3O2. The molecule has 0 unspecified atom stereocenters. The van der Waals surface area contributed by atoms with Crippen LogP contribution in [0.25, 0.3) is 0 Å². The molecule has 29 heavy (non-hydrogen) atoms. The zero-order valence-electron chi connectivity index (χ0n) is 18.5. The first-order valence-electron chi connectivity index (χ1n) is 11.6. The molecule has 0 fully saturated rings. The molecule has 0 aromatic heterocycles. The maximum atomic E-state index is 11.6. The Balaban J connectivity index is 3.39. The van der Waals surface area contributed by atoms with Gasteiger partial charge in [0.05, 0.1) is 0 Å². The standard InChI is InChI=1S/C22H43Cl2N3O2/c1-2-3-4-5-6-7-8-9-10-11-12-13-14-15-16-17-18-25-27(22(29)20-24)26-21(28)19-23/h25H,2-20H2,1H3,(H,26,28). The largest absolute Gasteiger partial charge is 0.272 e. The molecule has 2 amide bonds. The summed E-state index contributed by atoms with van der Waals surface area (Å²) in [5.41, 5.74) is 5.28. The molecule has 0 saturated carbocycles. The van der Waals surface area contributed by atoms with E-state index < -0.39 is 11.8 Å². The van der Waals surface area contributed by atoms with Crippen LogP contribution in [0, 0.1) is 0 Å². The van der Waals surface area contributed by atoms with Gasteiger partial charge in [0.1, 0.15) is 11.8 Å². The van der Waals surface area contributed by atoms with Crippen LogP contribution >= 0.6 is 23.2 Å². The van der Waals surface area contributed by atoms with Crippen LogP contribution in [0.15, 0.2) is 0 Å². The zero-order valence-corrected chi connectivity index (χ0v) is 20.0. The molecule has 0 aliphatic carbocycles. The summed E-state index contributed by atoms with van der Waals surface area (Å²) >= 11 is 11.0. The van der Waals surface area contributed by atoms with Gasteiger partial charge in [0.2, 0.25) is 0 Å². The van der Waals surface area contributed by atoms with Crippen molar-refractivity contribution in [1.29, 1.82) is 0 Å². The summed E-state index contributed by atoms with van der Waals surface area (Å²) in [5, 5.41) is 1.04. The van der Waals surface area contributed by atoms with E-state index in [1.807, 2.05) is 0 Å². The number of alkyl halides is 2. The van der Waals surface area contributed by atoms with Crippen LogP contribution in [0.4, 0.5) is 0 Å². The van der Waals surface area contributed by atoms with Crippen molar-refractivity contribution < 1.29 is 9.59 Å². The number of rotatable bonds is 20. The normalized spacial score (nSPS) is 10.9. The van der Waals surface area contributed by atoms with Crippen LogP contribution in [-0.2, 0) is 9.59 Å². The molecule has 0 saturated heterocycles. The minimum Gasteiger partial charge on any atom is -0.272 e. The van der Waals surface area contributed by atoms with Crippen molar-refractivity contribution in [3.8, 4) is 0 Å². The van der Waals surface area contributed by atoms with E-state index in [-0.39, 0.29) is 11.8 Å². The van der Waals surface area contributed by atoms with Gasteiger partial charge in [0, 0.05) is 6.54 Å². The highest BCUT2D eigenvalue weighted by Gasteiger charge is 2.14. The van der Waals surface area contributed by atoms with Crippen LogP contribution in [0.3, 0.4) is 0 Å². The van der Waals surface area contributed by atoms with Crippen molar-refractivity contribution in [1.82, 2.24) is 16.0 Å². The summed E-state index contributed by atoms with van der Waals surface area (Å²) in [6.07, 6.45) is 21.2. The number of carbonyl (C=O) groups is 2. The monoisotopic (exact) mass is 451 g/mol. The second kappa shape index (κ2) is 22.2. The summed E-state index contributed by atoms with van der Waals surface area (Å²) in [5.74, 6) is -1.24. The van der Waals surface area contributed by atoms with Gasteiger partial charge < -0.3 is 0 Å². The quantitative estimate of drug-likeness (QED) is 0.133. The van der Waals surface area contributed by atoms with Crippen LogP contribution < -0.4 is 10.9 Å². The lowest BCUT2D eigenvalue weighted by atomic mass is 10.0. The minimum atomic E-state index is -0.440. The number of amides is 2. The number of hydrogen-bond acceptors (Lipinski definition) is 3. The molecule has 0 aromatic rings. The van der Waals surface area contributed by atoms with E-state index in [1.165, 1.54) is 89.9 Å². The van der Waals surface area contributed by atoms with Crippen molar-refractivity contribution in [3.05, 3.63) is 0 Å². The molecule has 0 bridgehead atoms. The summed E-state index contributed by atoms with van der Waals surface area (Å²) < 4.78 is 0. The van der Waals surface area contributed by atoms with Crippen molar-refractivity contribution in [2.24, 2.45) is 0 Å². The summed E-state index contributed by atoms with van der Waals surface area (Å²) in [4.78, 5) is 22.9. The molecule has 0 atom stereocenters. The fourth-order valence-corrected chi connectivity index (χ4v) is 3.45. The Labute approximate surface area is 188 Å². The molecule has 2 N–H and O–H groups in total. The molecule has 0 radical (unpaired) electrons. The van der Waals surface area contributed by atoms with Crippen LogP contribution in [0.2, 0.25) is 0 Å². The zero-order chi connectivity index (χ0) is 21.6. The van der Waals surface area contributed by atoms with Gasteiger partial charge in [0.15, 0.2) is 0 Å². The van der Waals surface area contributed by atoms with Gasteiger partial charge in [-0.25, -0.2) is 10.9 Å². The smallest absolute Gasteiger partial charge is 0.270 e. The number of hydrogen-bond donors (Lipinski definition) is 2. The van der Waals surface area contributed by atoms with Crippen molar-refractivity contribution in [2.75, 3.05) is 18.3 Å². The van der Waals surface area contributed by atoms with Crippen molar-refractivity contribution in [3.63, 3.8) is 0 Å². The Morgan fingerprint density at radius 2 is 1.07 bits per heavy atom. The molecule has 7 heteroatoms. The predicted molar refractivity (Wildman–Crippen MR) is 124 cm³/mol. The fraction of sp³-hybridized carbons (Fsp3) is 0.909. The maximum Gasteiger partial charge on any atom is 0.270 e. The van der Waals surface area contributed by atoms with E-state index in [1.54, 1.807) is 0 Å². The number of hydrazine groups is 2. The maximum absolute atomic E-state index is 11.6. The number of carbonyl (C=O) groups excluding carboxylic acids is 2. The molecule has 0 spiro atoms. The number of nitrogens with one attached hydrogen (secondary N) is 2. The molecule has 0 aromatic carbocycles. The number of unbranched alkanes of at least 4 members (excludes halogenated alkanes) is 15. The van der Waals surface area contributed by atoms with Gasteiger partial charge in [-0.1, -0.05) is 103 Å². The second-order valence-corrected chi connectivity index (χ2v) is 8.28. The van der Waals surface area contributed by atoms with E-state index in [4.69, 9.17) is 23.2 Å². The van der Waals surface area contributed by atoms with Gasteiger partial charge >= 0.3 is 0 Å². The third kappa shape index (κ3) is 19.2. The van der Waals surface area contributed by atoms with E-state index in [0.717, 1.165) is 18.0 Å². The highest BCUT2D eigenvalue weighted by molar-refractivity contribution is 6.28. The van der Waals surface area contributed by atoms with Gasteiger partial charge in [-0.3, -0.25) is 9.59 Å². The lowest BCUT2D eigenvalue weighted by molar-refractivity contribution is -0.142. The Kier molecular flexibility index (Phi) is 21.8. The fourth-order valence-electron chi connectivity index (χ4n) is 3.27. The minimum absolute atomic E-state index is 0.200. The third-order valence-corrected chi connectivity index (χ3v) is 5.49. The average Bonchev–Trinajstić information content (AvgIpc) is 2.74. The Hall–Kier alpha value is -0.520. The van der Waals surface area contributed by atoms with Gasteiger partial charge in [-0.05, 0) is 6.42 Å². The molecule has 0 rings (SSSR count). The third-order valence-electron chi connectivity index (χ3n) is 5.02. The molecule has 0 heterocycles. The molecule has 5 nitrogen and oxygen atoms in total. The van der Waals surface area contributed by atoms with Crippen LogP contribution in [0.1, 0.15) is 110 Å². The molecule has 172 valence electrons. The molecule has 0 aliphatic heterocycles. The van der Waals surface area contributed by atoms with E-state index in [2.05, 4.69) is 17.8 Å². The first-order valence-corrected chi connectivity index (χ1v) is 12.7. The topological polar surface area (TPSA) is 61.4 Å². The van der Waals surface area contributed by atoms with Crippen molar-refractivity contribution in [2.45, 2.75) is 110 Å². The second-order valence-electron chi connectivity index (χ2n) is 7.74. The number of nitrogens with zero attached hydrogens (tertiary/aromatic N) is 1. The first-order chi connectivity index (χ1) is 14.2. The average molecular weight is 453 g/mol. The summed E-state index contributed by atoms with van der Waals surface area (Å²) in [6, 6.07) is 0. The van der Waals surface area contributed by atoms with Gasteiger partial charge in [-0.2, -0.15) is 5.12 Å². The lowest BCUT2D eigenvalue weighted by Crippen LogP contribution is -2.55.